The van der Waals surface area contributed by atoms with E-state index in [2.05, 4.69) is 29.4 Å². The van der Waals surface area contributed by atoms with E-state index in [1.54, 1.807) is 4.68 Å². The highest BCUT2D eigenvalue weighted by molar-refractivity contribution is 5.59. The molecule has 2 unspecified atom stereocenters. The van der Waals surface area contributed by atoms with Crippen LogP contribution < -0.4 is 11.2 Å². The quantitative estimate of drug-likeness (QED) is 0.799. The number of rotatable bonds is 2. The monoisotopic (exact) mass is 223 g/mol. The average Bonchev–Trinajstić information content (AvgIpc) is 2.51. The predicted octanol–water partition coefficient (Wildman–Crippen LogP) is 1.59. The van der Waals surface area contributed by atoms with E-state index >= 15 is 0 Å². The van der Waals surface area contributed by atoms with Gasteiger partial charge in [0.1, 0.15) is 0 Å². The minimum atomic E-state index is 0.533. The lowest BCUT2D eigenvalue weighted by Gasteiger charge is -2.38. The van der Waals surface area contributed by atoms with E-state index in [1.165, 1.54) is 19.3 Å². The van der Waals surface area contributed by atoms with E-state index in [1.807, 2.05) is 13.2 Å². The molecule has 2 heterocycles. The van der Waals surface area contributed by atoms with Gasteiger partial charge in [0, 0.05) is 25.3 Å². The normalized spacial score (nSPS) is 26.9. The number of nitrogen functional groups attached to an aromatic ring is 1. The van der Waals surface area contributed by atoms with E-state index in [9.17, 15) is 0 Å². The lowest BCUT2D eigenvalue weighted by molar-refractivity contribution is 0.135. The summed E-state index contributed by atoms with van der Waals surface area (Å²) in [5, 5.41) is 6.58. The fraction of sp³-hybridized carbons (Fsp3) is 0.727. The van der Waals surface area contributed by atoms with Crippen LogP contribution in [0.5, 0.6) is 0 Å². The van der Waals surface area contributed by atoms with E-state index < -0.39 is 0 Å². The Bertz CT molecular complexity index is 349. The Labute approximate surface area is 96.6 Å². The van der Waals surface area contributed by atoms with Gasteiger partial charge >= 0.3 is 0 Å². The van der Waals surface area contributed by atoms with Gasteiger partial charge in [0.2, 0.25) is 0 Å². The molecule has 1 aromatic rings. The molecule has 16 heavy (non-hydrogen) atoms. The van der Waals surface area contributed by atoms with Gasteiger partial charge in [-0.1, -0.05) is 6.42 Å². The van der Waals surface area contributed by atoms with Gasteiger partial charge in [0.15, 0.2) is 5.82 Å². The molecule has 5 nitrogen and oxygen atoms in total. The number of aromatic nitrogens is 2. The van der Waals surface area contributed by atoms with Crippen molar-refractivity contribution in [2.75, 3.05) is 11.2 Å². The SMILES string of the molecule is CC1CCCC(C)N1Nc1nn(C)cc1N. The molecule has 0 aliphatic carbocycles. The second-order valence-corrected chi connectivity index (χ2v) is 4.75. The number of aryl methyl sites for hydroxylation is 1. The first kappa shape index (κ1) is 11.3. The summed E-state index contributed by atoms with van der Waals surface area (Å²) in [5.74, 6) is 0.767. The van der Waals surface area contributed by atoms with Crippen molar-refractivity contribution in [1.29, 1.82) is 0 Å². The molecule has 0 amide bonds. The highest BCUT2D eigenvalue weighted by Crippen LogP contribution is 2.24. The Morgan fingerprint density at radius 1 is 1.38 bits per heavy atom. The van der Waals surface area contributed by atoms with Crippen molar-refractivity contribution in [3.8, 4) is 0 Å². The van der Waals surface area contributed by atoms with Crippen molar-refractivity contribution in [3.63, 3.8) is 0 Å². The maximum Gasteiger partial charge on any atom is 0.185 e. The van der Waals surface area contributed by atoms with Crippen LogP contribution in [0.4, 0.5) is 11.5 Å². The van der Waals surface area contributed by atoms with E-state index in [0.29, 0.717) is 17.8 Å². The third kappa shape index (κ3) is 2.14. The summed E-state index contributed by atoms with van der Waals surface area (Å²) in [6.07, 6.45) is 5.58. The van der Waals surface area contributed by atoms with Crippen LogP contribution in [0.25, 0.3) is 0 Å². The maximum atomic E-state index is 5.88. The number of nitrogens with two attached hydrogens (primary N) is 1. The Morgan fingerprint density at radius 2 is 2.00 bits per heavy atom. The van der Waals surface area contributed by atoms with Gasteiger partial charge in [-0.05, 0) is 26.7 Å². The average molecular weight is 223 g/mol. The summed E-state index contributed by atoms with van der Waals surface area (Å²) in [5.41, 5.74) is 9.92. The van der Waals surface area contributed by atoms with Crippen molar-refractivity contribution in [2.24, 2.45) is 7.05 Å². The number of anilines is 2. The molecule has 1 fully saturated rings. The van der Waals surface area contributed by atoms with Gasteiger partial charge < -0.3 is 5.73 Å². The van der Waals surface area contributed by atoms with Crippen LogP contribution in [-0.2, 0) is 7.05 Å². The lowest BCUT2D eigenvalue weighted by atomic mass is 10.00. The molecular weight excluding hydrogens is 202 g/mol. The molecule has 0 radical (unpaired) electrons. The molecular formula is C11H21N5. The van der Waals surface area contributed by atoms with Crippen LogP contribution in [0.2, 0.25) is 0 Å². The molecule has 90 valence electrons. The molecule has 1 aliphatic rings. The molecule has 0 saturated carbocycles. The first-order valence-electron chi connectivity index (χ1n) is 5.92. The highest BCUT2D eigenvalue weighted by atomic mass is 15.6. The summed E-state index contributed by atoms with van der Waals surface area (Å²) < 4.78 is 1.73. The molecule has 1 saturated heterocycles. The fourth-order valence-electron chi connectivity index (χ4n) is 2.36. The molecule has 0 bridgehead atoms. The third-order valence-corrected chi connectivity index (χ3v) is 3.29. The van der Waals surface area contributed by atoms with Crippen LogP contribution in [0.1, 0.15) is 33.1 Å². The summed E-state index contributed by atoms with van der Waals surface area (Å²) in [6, 6.07) is 1.07. The number of nitrogens with one attached hydrogen (secondary N) is 1. The molecule has 2 atom stereocenters. The summed E-state index contributed by atoms with van der Waals surface area (Å²) in [6.45, 7) is 4.48. The van der Waals surface area contributed by atoms with Crippen LogP contribution in [0.15, 0.2) is 6.20 Å². The summed E-state index contributed by atoms with van der Waals surface area (Å²) in [4.78, 5) is 0. The Morgan fingerprint density at radius 3 is 2.50 bits per heavy atom. The number of piperidine rings is 1. The van der Waals surface area contributed by atoms with Crippen LogP contribution in [0, 0.1) is 0 Å². The van der Waals surface area contributed by atoms with Crippen molar-refractivity contribution < 1.29 is 0 Å². The molecule has 1 aromatic heterocycles. The van der Waals surface area contributed by atoms with Crippen LogP contribution in [0.3, 0.4) is 0 Å². The van der Waals surface area contributed by atoms with Gasteiger partial charge in [-0.15, -0.1) is 0 Å². The Balaban J connectivity index is 2.10. The Hall–Kier alpha value is -1.23. The summed E-state index contributed by atoms with van der Waals surface area (Å²) in [7, 11) is 1.88. The highest BCUT2D eigenvalue weighted by Gasteiger charge is 2.25. The third-order valence-electron chi connectivity index (χ3n) is 3.29. The standard InChI is InChI=1S/C11H21N5/c1-8-5-4-6-9(2)16(8)14-11-10(12)7-15(3)13-11/h7-9H,4-6,12H2,1-3H3,(H,13,14). The van der Waals surface area contributed by atoms with Crippen molar-refractivity contribution >= 4 is 11.5 Å². The second kappa shape index (κ2) is 4.33. The van der Waals surface area contributed by atoms with E-state index in [4.69, 9.17) is 5.73 Å². The van der Waals surface area contributed by atoms with Crippen molar-refractivity contribution in [1.82, 2.24) is 14.8 Å². The van der Waals surface area contributed by atoms with E-state index in [-0.39, 0.29) is 0 Å². The maximum absolute atomic E-state index is 5.88. The zero-order chi connectivity index (χ0) is 11.7. The van der Waals surface area contributed by atoms with Crippen LogP contribution >= 0.6 is 0 Å². The Kier molecular flexibility index (Phi) is 3.05. The van der Waals surface area contributed by atoms with Gasteiger partial charge in [0.05, 0.1) is 5.69 Å². The zero-order valence-corrected chi connectivity index (χ0v) is 10.3. The van der Waals surface area contributed by atoms with Gasteiger partial charge in [-0.2, -0.15) is 5.10 Å². The van der Waals surface area contributed by atoms with Crippen molar-refractivity contribution in [2.45, 2.75) is 45.2 Å². The predicted molar refractivity (Wildman–Crippen MR) is 65.9 cm³/mol. The van der Waals surface area contributed by atoms with Gasteiger partial charge in [-0.25, -0.2) is 5.01 Å². The minimum Gasteiger partial charge on any atom is -0.394 e. The molecule has 0 spiro atoms. The number of nitrogens with zero attached hydrogens (tertiary/aromatic N) is 3. The number of hydrogen-bond acceptors (Lipinski definition) is 4. The summed E-state index contributed by atoms with van der Waals surface area (Å²) >= 11 is 0. The molecule has 1 aliphatic heterocycles. The van der Waals surface area contributed by atoms with Gasteiger partial charge in [-0.3, -0.25) is 10.1 Å². The lowest BCUT2D eigenvalue weighted by Crippen LogP contribution is -2.47. The molecule has 0 aromatic carbocycles. The van der Waals surface area contributed by atoms with E-state index in [0.717, 1.165) is 5.82 Å². The molecule has 3 N–H and O–H groups in total. The van der Waals surface area contributed by atoms with Crippen LogP contribution in [-0.4, -0.2) is 26.9 Å². The van der Waals surface area contributed by atoms with Crippen molar-refractivity contribution in [3.05, 3.63) is 6.20 Å². The first-order valence-corrected chi connectivity index (χ1v) is 5.92. The first-order chi connectivity index (χ1) is 7.58. The minimum absolute atomic E-state index is 0.533. The smallest absolute Gasteiger partial charge is 0.185 e. The number of hydrogen-bond donors (Lipinski definition) is 2. The zero-order valence-electron chi connectivity index (χ0n) is 10.3. The largest absolute Gasteiger partial charge is 0.394 e. The number of hydrazine groups is 1. The second-order valence-electron chi connectivity index (χ2n) is 4.75. The topological polar surface area (TPSA) is 59.1 Å². The molecule has 2 rings (SSSR count). The molecule has 5 heteroatoms. The fourth-order valence-corrected chi connectivity index (χ4v) is 2.36. The van der Waals surface area contributed by atoms with Gasteiger partial charge in [0.25, 0.3) is 0 Å².